The number of para-hydroxylation sites is 1. The molecule has 0 unspecified atom stereocenters. The Labute approximate surface area is 195 Å². The summed E-state index contributed by atoms with van der Waals surface area (Å²) >= 11 is 1.75. The molecule has 5 rings (SSSR count). The first-order valence-corrected chi connectivity index (χ1v) is 12.0. The van der Waals surface area contributed by atoms with Crippen LogP contribution in [0.25, 0.3) is 5.69 Å². The van der Waals surface area contributed by atoms with E-state index in [9.17, 15) is 13.2 Å². The minimum Gasteiger partial charge on any atom is -0.338 e. The van der Waals surface area contributed by atoms with Crippen molar-refractivity contribution < 1.29 is 13.2 Å². The van der Waals surface area contributed by atoms with E-state index in [1.807, 2.05) is 38.1 Å². The number of amidine groups is 1. The highest BCUT2D eigenvalue weighted by molar-refractivity contribution is 8.14. The molecule has 0 saturated carbocycles. The molecule has 2 aliphatic heterocycles. The van der Waals surface area contributed by atoms with Gasteiger partial charge in [-0.25, -0.2) is 0 Å². The molecule has 33 heavy (non-hydrogen) atoms. The molecule has 0 radical (unpaired) electrons. The van der Waals surface area contributed by atoms with Crippen LogP contribution in [0.4, 0.5) is 13.2 Å². The maximum absolute atomic E-state index is 13.8. The molecule has 0 aliphatic carbocycles. The lowest BCUT2D eigenvalue weighted by atomic mass is 9.95. The van der Waals surface area contributed by atoms with Crippen LogP contribution in [0.2, 0.25) is 0 Å². The van der Waals surface area contributed by atoms with Crippen LogP contribution >= 0.6 is 11.8 Å². The van der Waals surface area contributed by atoms with Gasteiger partial charge in [-0.3, -0.25) is 9.98 Å². The van der Waals surface area contributed by atoms with Gasteiger partial charge in [0.15, 0.2) is 5.17 Å². The second-order valence-electron chi connectivity index (χ2n) is 8.51. The maximum Gasteiger partial charge on any atom is 0.418 e. The molecule has 3 atom stereocenters. The quantitative estimate of drug-likeness (QED) is 0.437. The zero-order valence-corrected chi connectivity index (χ0v) is 19.5. The first-order chi connectivity index (χ1) is 15.8. The number of halogens is 3. The van der Waals surface area contributed by atoms with Crippen LogP contribution in [-0.2, 0) is 6.18 Å². The second-order valence-corrected chi connectivity index (χ2v) is 9.50. The third kappa shape index (κ3) is 3.64. The summed E-state index contributed by atoms with van der Waals surface area (Å²) in [5.41, 5.74) is 2.97. The van der Waals surface area contributed by atoms with Crippen molar-refractivity contribution in [3.8, 4) is 5.69 Å². The molecule has 0 spiro atoms. The van der Waals surface area contributed by atoms with E-state index in [0.29, 0.717) is 6.04 Å². The normalized spacial score (nSPS) is 22.5. The maximum atomic E-state index is 13.8. The Morgan fingerprint density at radius 2 is 1.85 bits per heavy atom. The van der Waals surface area contributed by atoms with Crippen LogP contribution in [0.15, 0.2) is 59.7 Å². The highest BCUT2D eigenvalue weighted by Gasteiger charge is 2.46. The van der Waals surface area contributed by atoms with Crippen LogP contribution in [0, 0.1) is 13.8 Å². The number of aliphatic imine (C=N–C) groups is 1. The Bertz CT molecular complexity index is 1200. The van der Waals surface area contributed by atoms with E-state index >= 15 is 0 Å². The molecule has 0 N–H and O–H groups in total. The molecule has 0 amide bonds. The molecule has 4 nitrogen and oxygen atoms in total. The molecular weight excluding hydrogens is 445 g/mol. The number of nitrogens with zero attached hydrogens (tertiary/aromatic N) is 4. The Morgan fingerprint density at radius 1 is 1.09 bits per heavy atom. The van der Waals surface area contributed by atoms with E-state index in [0.717, 1.165) is 46.1 Å². The van der Waals surface area contributed by atoms with Gasteiger partial charge in [0.1, 0.15) is 6.04 Å². The molecule has 2 aromatic heterocycles. The predicted octanol–water partition coefficient (Wildman–Crippen LogP) is 6.49. The summed E-state index contributed by atoms with van der Waals surface area (Å²) in [6.07, 6.45) is -1.69. The van der Waals surface area contributed by atoms with Crippen molar-refractivity contribution in [1.29, 1.82) is 0 Å². The number of thioether (sulfide) groups is 1. The fraction of sp³-hybridized carbons (Fsp3) is 0.360. The van der Waals surface area contributed by atoms with Crippen molar-refractivity contribution in [1.82, 2.24) is 14.5 Å². The zero-order valence-electron chi connectivity index (χ0n) is 18.7. The topological polar surface area (TPSA) is 33.4 Å². The van der Waals surface area contributed by atoms with Gasteiger partial charge in [-0.1, -0.05) is 36.9 Å². The van der Waals surface area contributed by atoms with Gasteiger partial charge in [-0.2, -0.15) is 13.2 Å². The summed E-state index contributed by atoms with van der Waals surface area (Å²) in [4.78, 5) is 12.0. The van der Waals surface area contributed by atoms with Crippen molar-refractivity contribution in [3.05, 3.63) is 82.9 Å². The van der Waals surface area contributed by atoms with Gasteiger partial charge in [-0.05, 0) is 56.2 Å². The summed E-state index contributed by atoms with van der Waals surface area (Å²) < 4.78 is 43.2. The number of hydrogen-bond donors (Lipinski definition) is 0. The minimum absolute atomic E-state index is 0.104. The fourth-order valence-corrected chi connectivity index (χ4v) is 6.39. The van der Waals surface area contributed by atoms with Gasteiger partial charge in [0.2, 0.25) is 0 Å². The SMILES string of the molecule is CC[C@@H]1CSC2=N[C@H](c3ccccn3)[C@@H](c3cc(C)n(-c4ccccc4C(F)(F)F)c3C)N21. The highest BCUT2D eigenvalue weighted by Crippen LogP contribution is 2.50. The minimum atomic E-state index is -4.43. The van der Waals surface area contributed by atoms with Gasteiger partial charge >= 0.3 is 6.18 Å². The molecular formula is C25H25F3N4S. The number of rotatable bonds is 4. The first-order valence-electron chi connectivity index (χ1n) is 11.1. The number of alkyl halides is 3. The number of benzene rings is 1. The monoisotopic (exact) mass is 470 g/mol. The lowest BCUT2D eigenvalue weighted by Gasteiger charge is -2.32. The van der Waals surface area contributed by atoms with Crippen LogP contribution in [0.1, 0.15) is 53.6 Å². The molecule has 4 heterocycles. The number of fused-ring (bicyclic) bond motifs is 1. The Hall–Kier alpha value is -2.74. The number of aryl methyl sites for hydroxylation is 1. The summed E-state index contributed by atoms with van der Waals surface area (Å²) in [7, 11) is 0. The number of aromatic nitrogens is 2. The third-order valence-corrected chi connectivity index (χ3v) is 7.69. The van der Waals surface area contributed by atoms with Crippen molar-refractivity contribution in [2.45, 2.75) is 51.5 Å². The van der Waals surface area contributed by atoms with Gasteiger partial charge in [0.05, 0.1) is 23.0 Å². The van der Waals surface area contributed by atoms with Crippen molar-refractivity contribution in [2.75, 3.05) is 5.75 Å². The third-order valence-electron chi connectivity index (χ3n) is 6.57. The molecule has 1 fully saturated rings. The van der Waals surface area contributed by atoms with Gasteiger partial charge in [-0.15, -0.1) is 0 Å². The average molecular weight is 471 g/mol. The summed E-state index contributed by atoms with van der Waals surface area (Å²) in [5, 5.41) is 1.00. The Balaban J connectivity index is 1.67. The van der Waals surface area contributed by atoms with Crippen LogP contribution < -0.4 is 0 Å². The van der Waals surface area contributed by atoms with Gasteiger partial charge in [0, 0.05) is 29.4 Å². The summed E-state index contributed by atoms with van der Waals surface area (Å²) in [5.74, 6) is 0.969. The van der Waals surface area contributed by atoms with Gasteiger partial charge < -0.3 is 9.47 Å². The first kappa shape index (κ1) is 22.1. The number of pyridine rings is 1. The Morgan fingerprint density at radius 3 is 2.55 bits per heavy atom. The van der Waals surface area contributed by atoms with Crippen molar-refractivity contribution in [2.24, 2.45) is 4.99 Å². The summed E-state index contributed by atoms with van der Waals surface area (Å²) in [6.45, 7) is 5.95. The van der Waals surface area contributed by atoms with E-state index in [1.54, 1.807) is 34.7 Å². The molecule has 2 aliphatic rings. The van der Waals surface area contributed by atoms with E-state index in [2.05, 4.69) is 16.8 Å². The number of hydrogen-bond acceptors (Lipinski definition) is 4. The van der Waals surface area contributed by atoms with E-state index in [1.165, 1.54) is 6.07 Å². The van der Waals surface area contributed by atoms with Crippen molar-refractivity contribution in [3.63, 3.8) is 0 Å². The lowest BCUT2D eigenvalue weighted by molar-refractivity contribution is -0.137. The standard InChI is InChI=1S/C25H25F3N4S/c1-4-17-14-33-24-30-22(20-10-7-8-12-29-20)23(32(17)24)18-13-15(2)31(16(18)3)21-11-6-5-9-19(21)25(26,27)28/h5-13,17,22-23H,4,14H2,1-3H3/t17-,22-,23-/m1/s1. The van der Waals surface area contributed by atoms with E-state index in [4.69, 9.17) is 4.99 Å². The molecule has 1 saturated heterocycles. The fourth-order valence-electron chi connectivity index (χ4n) is 5.05. The highest BCUT2D eigenvalue weighted by atomic mass is 32.2. The molecule has 3 aromatic rings. The summed E-state index contributed by atoms with van der Waals surface area (Å²) in [6, 6.07) is 13.6. The van der Waals surface area contributed by atoms with Gasteiger partial charge in [0.25, 0.3) is 0 Å². The van der Waals surface area contributed by atoms with Crippen LogP contribution in [-0.4, -0.2) is 31.4 Å². The van der Waals surface area contributed by atoms with Crippen molar-refractivity contribution >= 4 is 16.9 Å². The van der Waals surface area contributed by atoms with Crippen LogP contribution in [0.3, 0.4) is 0 Å². The molecule has 0 bridgehead atoms. The zero-order chi connectivity index (χ0) is 23.3. The molecule has 8 heteroatoms. The van der Waals surface area contributed by atoms with E-state index < -0.39 is 11.7 Å². The lowest BCUT2D eigenvalue weighted by Crippen LogP contribution is -2.35. The molecule has 172 valence electrons. The average Bonchev–Trinajstić information content (AvgIpc) is 3.45. The second kappa shape index (κ2) is 8.24. The van der Waals surface area contributed by atoms with Crippen LogP contribution in [0.5, 0.6) is 0 Å². The smallest absolute Gasteiger partial charge is 0.338 e. The van der Waals surface area contributed by atoms with E-state index in [-0.39, 0.29) is 17.8 Å². The largest absolute Gasteiger partial charge is 0.418 e. The molecule has 1 aromatic carbocycles. The predicted molar refractivity (Wildman–Crippen MR) is 126 cm³/mol. The Kier molecular flexibility index (Phi) is 5.51.